The molecule has 1 aromatic carbocycles. The van der Waals surface area contributed by atoms with Crippen molar-refractivity contribution in [1.29, 1.82) is 0 Å². The van der Waals surface area contributed by atoms with Gasteiger partial charge in [-0.1, -0.05) is 24.6 Å². The highest BCUT2D eigenvalue weighted by Crippen LogP contribution is 2.19. The van der Waals surface area contributed by atoms with Gasteiger partial charge < -0.3 is 15.1 Å². The summed E-state index contributed by atoms with van der Waals surface area (Å²) < 4.78 is 7.55. The van der Waals surface area contributed by atoms with Crippen molar-refractivity contribution in [2.24, 2.45) is 10.9 Å². The molecule has 2 aromatic heterocycles. The predicted molar refractivity (Wildman–Crippen MR) is 111 cm³/mol. The molecule has 0 spiro atoms. The van der Waals surface area contributed by atoms with Gasteiger partial charge >= 0.3 is 0 Å². The normalized spacial score (nSPS) is 12.8. The Morgan fingerprint density at radius 2 is 2.07 bits per heavy atom. The average molecular weight is 380 g/mol. The number of hydrogen-bond acceptors (Lipinski definition) is 4. The van der Waals surface area contributed by atoms with Gasteiger partial charge in [0.1, 0.15) is 12.0 Å². The second-order valence-corrected chi connectivity index (χ2v) is 6.92. The van der Waals surface area contributed by atoms with Crippen molar-refractivity contribution < 1.29 is 4.42 Å². The van der Waals surface area contributed by atoms with E-state index in [1.165, 1.54) is 5.56 Å². The van der Waals surface area contributed by atoms with E-state index < -0.39 is 0 Å². The quantitative estimate of drug-likeness (QED) is 0.463. The molecule has 0 aliphatic rings. The summed E-state index contributed by atoms with van der Waals surface area (Å²) in [7, 11) is 0. The fourth-order valence-corrected chi connectivity index (χ4v) is 2.77. The van der Waals surface area contributed by atoms with Crippen LogP contribution < -0.4 is 10.6 Å². The van der Waals surface area contributed by atoms with Crippen LogP contribution in [0.15, 0.2) is 58.4 Å². The molecule has 7 nitrogen and oxygen atoms in total. The molecular formula is C21H28N6O. The topological polar surface area (TPSA) is 80.3 Å². The average Bonchev–Trinajstić information content (AvgIpc) is 3.37. The highest BCUT2D eigenvalue weighted by Gasteiger charge is 2.08. The fraction of sp³-hybridized carbons (Fsp3) is 0.381. The highest BCUT2D eigenvalue weighted by atomic mass is 16.3. The molecular weight excluding hydrogens is 352 g/mol. The Hall–Kier alpha value is -3.09. The summed E-state index contributed by atoms with van der Waals surface area (Å²) in [5.41, 5.74) is 2.99. The van der Waals surface area contributed by atoms with Crippen LogP contribution in [0.25, 0.3) is 11.5 Å². The van der Waals surface area contributed by atoms with Gasteiger partial charge in [0.2, 0.25) is 5.89 Å². The van der Waals surface area contributed by atoms with E-state index in [1.54, 1.807) is 12.5 Å². The number of rotatable bonds is 8. The van der Waals surface area contributed by atoms with Gasteiger partial charge in [-0.05, 0) is 38.0 Å². The van der Waals surface area contributed by atoms with Gasteiger partial charge in [-0.25, -0.2) is 9.98 Å². The van der Waals surface area contributed by atoms with Crippen molar-refractivity contribution in [1.82, 2.24) is 25.4 Å². The van der Waals surface area contributed by atoms with Crippen molar-refractivity contribution in [2.45, 2.75) is 33.9 Å². The van der Waals surface area contributed by atoms with E-state index in [-0.39, 0.29) is 0 Å². The molecule has 0 fully saturated rings. The molecule has 3 rings (SSSR count). The molecule has 148 valence electrons. The molecule has 1 unspecified atom stereocenters. The lowest BCUT2D eigenvalue weighted by molar-refractivity contribution is 0.443. The second kappa shape index (κ2) is 9.73. The number of aliphatic imine (C=N–C) groups is 1. The molecule has 0 bridgehead atoms. The van der Waals surface area contributed by atoms with Crippen LogP contribution in [0.2, 0.25) is 0 Å². The lowest BCUT2D eigenvalue weighted by atomic mass is 10.1. The summed E-state index contributed by atoms with van der Waals surface area (Å²) in [6.45, 7) is 9.22. The molecule has 0 aliphatic heterocycles. The smallest absolute Gasteiger partial charge is 0.226 e. The van der Waals surface area contributed by atoms with Crippen LogP contribution in [0.5, 0.6) is 0 Å². The van der Waals surface area contributed by atoms with Gasteiger partial charge in [-0.3, -0.25) is 4.68 Å². The number of guanidine groups is 1. The zero-order chi connectivity index (χ0) is 19.8. The van der Waals surface area contributed by atoms with Crippen LogP contribution in [0.3, 0.4) is 0 Å². The number of nitrogens with zero attached hydrogens (tertiary/aromatic N) is 4. The Kier molecular flexibility index (Phi) is 6.84. The van der Waals surface area contributed by atoms with E-state index in [2.05, 4.69) is 58.6 Å². The molecule has 0 radical (unpaired) electrons. The van der Waals surface area contributed by atoms with Gasteiger partial charge in [0.15, 0.2) is 5.96 Å². The molecule has 28 heavy (non-hydrogen) atoms. The number of nitrogens with one attached hydrogen (secondary N) is 2. The fourth-order valence-electron chi connectivity index (χ4n) is 2.77. The largest absolute Gasteiger partial charge is 0.444 e. The first-order valence-electron chi connectivity index (χ1n) is 9.65. The van der Waals surface area contributed by atoms with Gasteiger partial charge in [-0.2, -0.15) is 5.10 Å². The maximum atomic E-state index is 5.61. The first-order chi connectivity index (χ1) is 13.6. The third-order valence-electron chi connectivity index (χ3n) is 4.27. The van der Waals surface area contributed by atoms with Crippen LogP contribution in [-0.4, -0.2) is 33.8 Å². The van der Waals surface area contributed by atoms with E-state index in [4.69, 9.17) is 4.42 Å². The molecule has 0 saturated heterocycles. The standard InChI is InChI=1S/C21H28N6O/c1-4-22-21(23-12-17(3)14-27-11-5-10-25-27)24-13-19-15-28-20(26-19)18-8-6-16(2)7-9-18/h5-11,15,17H,4,12-14H2,1-3H3,(H2,22,23,24). The van der Waals surface area contributed by atoms with Gasteiger partial charge in [0.25, 0.3) is 0 Å². The van der Waals surface area contributed by atoms with Crippen LogP contribution in [0.4, 0.5) is 0 Å². The first kappa shape index (κ1) is 19.7. The maximum Gasteiger partial charge on any atom is 0.226 e. The SMILES string of the molecule is CCNC(=NCc1coc(-c2ccc(C)cc2)n1)NCC(C)Cn1cccn1. The number of hydrogen-bond donors (Lipinski definition) is 2. The van der Waals surface area contributed by atoms with Crippen molar-refractivity contribution in [3.63, 3.8) is 0 Å². The number of benzene rings is 1. The Morgan fingerprint density at radius 3 is 2.79 bits per heavy atom. The van der Waals surface area contributed by atoms with Gasteiger partial charge in [0.05, 0.1) is 6.54 Å². The minimum atomic E-state index is 0.420. The molecule has 2 N–H and O–H groups in total. The van der Waals surface area contributed by atoms with E-state index in [1.807, 2.05) is 29.1 Å². The third-order valence-corrected chi connectivity index (χ3v) is 4.27. The molecule has 0 saturated carbocycles. The minimum Gasteiger partial charge on any atom is -0.444 e. The molecule has 3 aromatic rings. The predicted octanol–water partition coefficient (Wildman–Crippen LogP) is 3.24. The van der Waals surface area contributed by atoms with Crippen LogP contribution in [-0.2, 0) is 13.1 Å². The van der Waals surface area contributed by atoms with Crippen LogP contribution in [0, 0.1) is 12.8 Å². The Bertz CT molecular complexity index is 867. The lowest BCUT2D eigenvalue weighted by Gasteiger charge is -2.15. The van der Waals surface area contributed by atoms with E-state index >= 15 is 0 Å². The summed E-state index contributed by atoms with van der Waals surface area (Å²) in [5.74, 6) is 1.81. The second-order valence-electron chi connectivity index (χ2n) is 6.92. The Balaban J connectivity index is 1.55. The molecule has 2 heterocycles. The lowest BCUT2D eigenvalue weighted by Crippen LogP contribution is -2.40. The number of aryl methyl sites for hydroxylation is 1. The Labute approximate surface area is 165 Å². The summed E-state index contributed by atoms with van der Waals surface area (Å²) in [5, 5.41) is 10.9. The van der Waals surface area contributed by atoms with Crippen LogP contribution in [0.1, 0.15) is 25.1 Å². The zero-order valence-electron chi connectivity index (χ0n) is 16.7. The monoisotopic (exact) mass is 380 g/mol. The minimum absolute atomic E-state index is 0.420. The van der Waals surface area contributed by atoms with E-state index in [0.29, 0.717) is 18.4 Å². The molecule has 1 atom stereocenters. The van der Waals surface area contributed by atoms with Gasteiger partial charge in [-0.15, -0.1) is 0 Å². The molecule has 0 aliphatic carbocycles. The summed E-state index contributed by atoms with van der Waals surface area (Å²) in [6, 6.07) is 10.1. The van der Waals surface area contributed by atoms with Crippen LogP contribution >= 0.6 is 0 Å². The summed E-state index contributed by atoms with van der Waals surface area (Å²) >= 11 is 0. The number of oxazole rings is 1. The van der Waals surface area contributed by atoms with Gasteiger partial charge in [0, 0.05) is 37.6 Å². The first-order valence-corrected chi connectivity index (χ1v) is 9.65. The highest BCUT2D eigenvalue weighted by molar-refractivity contribution is 5.79. The zero-order valence-corrected chi connectivity index (χ0v) is 16.7. The molecule has 0 amide bonds. The Morgan fingerprint density at radius 1 is 1.25 bits per heavy atom. The van der Waals surface area contributed by atoms with E-state index in [0.717, 1.165) is 36.9 Å². The summed E-state index contributed by atoms with van der Waals surface area (Å²) in [4.78, 5) is 9.17. The van der Waals surface area contributed by atoms with Crippen molar-refractivity contribution >= 4 is 5.96 Å². The summed E-state index contributed by atoms with van der Waals surface area (Å²) in [6.07, 6.45) is 5.45. The van der Waals surface area contributed by atoms with Crippen molar-refractivity contribution in [2.75, 3.05) is 13.1 Å². The number of aromatic nitrogens is 3. The third kappa shape index (κ3) is 5.70. The molecule has 7 heteroatoms. The van der Waals surface area contributed by atoms with E-state index in [9.17, 15) is 0 Å². The van der Waals surface area contributed by atoms with Crippen molar-refractivity contribution in [3.05, 3.63) is 60.2 Å². The maximum absolute atomic E-state index is 5.61. The van der Waals surface area contributed by atoms with Crippen molar-refractivity contribution in [3.8, 4) is 11.5 Å².